The molecule has 3 N–H and O–H groups in total. The maximum absolute atomic E-state index is 13.2. The first-order valence-electron chi connectivity index (χ1n) is 10.4. The van der Waals surface area contributed by atoms with Gasteiger partial charge in [0.15, 0.2) is 0 Å². The zero-order valence-corrected chi connectivity index (χ0v) is 20.2. The molecule has 9 nitrogen and oxygen atoms in total. The van der Waals surface area contributed by atoms with Crippen LogP contribution in [0, 0.1) is 10.1 Å². The average molecular weight is 556 g/mol. The molecule has 3 aromatic rings. The summed E-state index contributed by atoms with van der Waals surface area (Å²) in [6, 6.07) is 12.1. The SMILES string of the molecule is O=C(NCCN(C(=O)Nc1ccc([N+](=O)[O-])cc1)c1cccc(C(F)(F)F)c1)Nc1cccc(Cl)c1Cl. The maximum atomic E-state index is 13.2. The number of amides is 4. The number of urea groups is 2. The van der Waals surface area contributed by atoms with E-state index in [-0.39, 0.29) is 45.9 Å². The van der Waals surface area contributed by atoms with Gasteiger partial charge in [0.05, 0.1) is 26.2 Å². The normalized spacial score (nSPS) is 10.9. The third-order valence-corrected chi connectivity index (χ3v) is 5.70. The van der Waals surface area contributed by atoms with E-state index in [9.17, 15) is 32.9 Å². The summed E-state index contributed by atoms with van der Waals surface area (Å²) in [7, 11) is 0. The second kappa shape index (κ2) is 11.8. The van der Waals surface area contributed by atoms with E-state index in [1.165, 1.54) is 30.3 Å². The second-order valence-electron chi connectivity index (χ2n) is 7.42. The van der Waals surface area contributed by atoms with Crippen LogP contribution in [0.4, 0.5) is 45.5 Å². The van der Waals surface area contributed by atoms with Gasteiger partial charge in [-0.1, -0.05) is 35.3 Å². The standard InChI is InChI=1S/C23H18Cl2F3N5O4/c24-18-5-2-6-19(20(18)25)31-21(34)29-11-12-32(17-4-1-3-14(13-17)23(26,27)28)22(35)30-15-7-9-16(10-8-15)33(36)37/h1-10,13H,11-12H2,(H,30,35)(H2,29,31,34). The molecule has 0 atom stereocenters. The van der Waals surface area contributed by atoms with Gasteiger partial charge < -0.3 is 16.0 Å². The van der Waals surface area contributed by atoms with Crippen molar-refractivity contribution in [2.45, 2.75) is 6.18 Å². The first-order valence-corrected chi connectivity index (χ1v) is 11.2. The van der Waals surface area contributed by atoms with Crippen molar-refractivity contribution in [1.29, 1.82) is 0 Å². The topological polar surface area (TPSA) is 117 Å². The number of alkyl halides is 3. The van der Waals surface area contributed by atoms with E-state index in [4.69, 9.17) is 23.2 Å². The monoisotopic (exact) mass is 555 g/mol. The highest BCUT2D eigenvalue weighted by Gasteiger charge is 2.31. The number of non-ortho nitro benzene ring substituents is 1. The van der Waals surface area contributed by atoms with Crippen LogP contribution >= 0.6 is 23.2 Å². The maximum Gasteiger partial charge on any atom is 0.416 e. The first kappa shape index (κ1) is 27.6. The molecule has 0 aliphatic carbocycles. The molecule has 0 radical (unpaired) electrons. The van der Waals surface area contributed by atoms with Gasteiger partial charge >= 0.3 is 18.2 Å². The van der Waals surface area contributed by atoms with E-state index in [0.29, 0.717) is 0 Å². The van der Waals surface area contributed by atoms with Crippen LogP contribution in [0.25, 0.3) is 0 Å². The first-order chi connectivity index (χ1) is 17.5. The minimum Gasteiger partial charge on any atom is -0.336 e. The molecule has 3 rings (SSSR count). The number of halogens is 5. The fourth-order valence-corrected chi connectivity index (χ4v) is 3.45. The van der Waals surface area contributed by atoms with Crippen LogP contribution in [0.5, 0.6) is 0 Å². The van der Waals surface area contributed by atoms with E-state index in [2.05, 4.69) is 16.0 Å². The molecule has 0 unspecified atom stereocenters. The summed E-state index contributed by atoms with van der Waals surface area (Å²) in [6.07, 6.45) is -4.65. The van der Waals surface area contributed by atoms with Gasteiger partial charge in [0.1, 0.15) is 0 Å². The van der Waals surface area contributed by atoms with Gasteiger partial charge in [-0.2, -0.15) is 13.2 Å². The van der Waals surface area contributed by atoms with Crippen molar-refractivity contribution < 1.29 is 27.7 Å². The van der Waals surface area contributed by atoms with Crippen molar-refractivity contribution >= 4 is 58.0 Å². The Kier molecular flexibility index (Phi) is 8.79. The Morgan fingerprint density at radius 1 is 0.973 bits per heavy atom. The Hall–Kier alpha value is -4.03. The van der Waals surface area contributed by atoms with Crippen molar-refractivity contribution in [3.8, 4) is 0 Å². The second-order valence-corrected chi connectivity index (χ2v) is 8.20. The number of carbonyl (C=O) groups excluding carboxylic acids is 2. The molecule has 0 spiro atoms. The largest absolute Gasteiger partial charge is 0.416 e. The van der Waals surface area contributed by atoms with Gasteiger partial charge in [0, 0.05) is 36.6 Å². The van der Waals surface area contributed by atoms with Gasteiger partial charge in [-0.05, 0) is 42.5 Å². The number of nitro groups is 1. The quantitative estimate of drug-likeness (QED) is 0.220. The van der Waals surface area contributed by atoms with Crippen LogP contribution in [-0.4, -0.2) is 30.1 Å². The highest BCUT2D eigenvalue weighted by atomic mass is 35.5. The smallest absolute Gasteiger partial charge is 0.336 e. The summed E-state index contributed by atoms with van der Waals surface area (Å²) >= 11 is 11.9. The van der Waals surface area contributed by atoms with Crippen LogP contribution in [0.3, 0.4) is 0 Å². The number of nitrogens with zero attached hydrogens (tertiary/aromatic N) is 2. The van der Waals surface area contributed by atoms with E-state index in [1.807, 2.05) is 0 Å². The summed E-state index contributed by atoms with van der Waals surface area (Å²) in [4.78, 5) is 36.5. The molecule has 0 heterocycles. The van der Waals surface area contributed by atoms with Crippen LogP contribution in [0.15, 0.2) is 66.7 Å². The Labute approximate surface area is 218 Å². The number of hydrogen-bond donors (Lipinski definition) is 3. The predicted octanol–water partition coefficient (Wildman–Crippen LogP) is 6.78. The zero-order valence-electron chi connectivity index (χ0n) is 18.7. The van der Waals surface area contributed by atoms with E-state index in [1.54, 1.807) is 6.07 Å². The fourth-order valence-electron chi connectivity index (χ4n) is 3.10. The lowest BCUT2D eigenvalue weighted by molar-refractivity contribution is -0.384. The molecule has 37 heavy (non-hydrogen) atoms. The van der Waals surface area contributed by atoms with Gasteiger partial charge in [-0.25, -0.2) is 9.59 Å². The average Bonchev–Trinajstić information content (AvgIpc) is 2.84. The van der Waals surface area contributed by atoms with Crippen molar-refractivity contribution in [2.75, 3.05) is 28.6 Å². The molecular weight excluding hydrogens is 538 g/mol. The summed E-state index contributed by atoms with van der Waals surface area (Å²) in [5.74, 6) is 0. The van der Waals surface area contributed by atoms with Gasteiger partial charge in [0.25, 0.3) is 5.69 Å². The molecule has 0 saturated heterocycles. The Bertz CT molecular complexity index is 1310. The summed E-state index contributed by atoms with van der Waals surface area (Å²) in [6.45, 7) is -0.384. The molecule has 0 bridgehead atoms. The van der Waals surface area contributed by atoms with Crippen LogP contribution in [-0.2, 0) is 6.18 Å². The molecule has 0 fully saturated rings. The van der Waals surface area contributed by atoms with E-state index >= 15 is 0 Å². The highest BCUT2D eigenvalue weighted by Crippen LogP contribution is 2.32. The number of hydrogen-bond acceptors (Lipinski definition) is 4. The third kappa shape index (κ3) is 7.48. The van der Waals surface area contributed by atoms with Crippen LogP contribution in [0.1, 0.15) is 5.56 Å². The van der Waals surface area contributed by atoms with Gasteiger partial charge in [-0.15, -0.1) is 0 Å². The van der Waals surface area contributed by atoms with Crippen molar-refractivity contribution in [2.24, 2.45) is 0 Å². The molecule has 0 aromatic heterocycles. The Morgan fingerprint density at radius 2 is 1.65 bits per heavy atom. The van der Waals surface area contributed by atoms with Crippen LogP contribution < -0.4 is 20.9 Å². The minimum absolute atomic E-state index is 0.0886. The number of nitrogens with one attached hydrogen (secondary N) is 3. The van der Waals surface area contributed by atoms with E-state index in [0.717, 1.165) is 35.2 Å². The number of rotatable bonds is 7. The molecule has 4 amide bonds. The number of benzene rings is 3. The lowest BCUT2D eigenvalue weighted by Gasteiger charge is -2.24. The number of nitro benzene ring substituents is 1. The zero-order chi connectivity index (χ0) is 27.2. The summed E-state index contributed by atoms with van der Waals surface area (Å²) in [5.41, 5.74) is -0.859. The Morgan fingerprint density at radius 3 is 2.30 bits per heavy atom. The summed E-state index contributed by atoms with van der Waals surface area (Å²) < 4.78 is 39.7. The molecule has 0 aliphatic heterocycles. The molecular formula is C23H18Cl2F3N5O4. The van der Waals surface area contributed by atoms with E-state index < -0.39 is 28.7 Å². The van der Waals surface area contributed by atoms with Crippen molar-refractivity contribution in [1.82, 2.24) is 5.32 Å². The number of carbonyl (C=O) groups is 2. The molecule has 194 valence electrons. The highest BCUT2D eigenvalue weighted by molar-refractivity contribution is 6.43. The minimum atomic E-state index is -4.65. The van der Waals surface area contributed by atoms with Crippen molar-refractivity contribution in [3.63, 3.8) is 0 Å². The lowest BCUT2D eigenvalue weighted by Crippen LogP contribution is -2.42. The summed E-state index contributed by atoms with van der Waals surface area (Å²) in [5, 5.41) is 18.6. The fraction of sp³-hybridized carbons (Fsp3) is 0.130. The third-order valence-electron chi connectivity index (χ3n) is 4.88. The lowest BCUT2D eigenvalue weighted by atomic mass is 10.2. The molecule has 3 aromatic carbocycles. The molecule has 0 aliphatic rings. The molecule has 0 saturated carbocycles. The molecule has 14 heteroatoms. The van der Waals surface area contributed by atoms with Crippen molar-refractivity contribution in [3.05, 3.63) is 92.5 Å². The predicted molar refractivity (Wildman–Crippen MR) is 134 cm³/mol. The van der Waals surface area contributed by atoms with Crippen LogP contribution in [0.2, 0.25) is 10.0 Å². The number of anilines is 3. The van der Waals surface area contributed by atoms with Gasteiger partial charge in [-0.3, -0.25) is 15.0 Å². The van der Waals surface area contributed by atoms with Gasteiger partial charge in [0.2, 0.25) is 0 Å². The Balaban J connectivity index is 1.75.